The van der Waals surface area contributed by atoms with Crippen molar-refractivity contribution in [2.24, 2.45) is 0 Å². The minimum Gasteiger partial charge on any atom is -0.494 e. The maximum absolute atomic E-state index is 6.69. The predicted molar refractivity (Wildman–Crippen MR) is 625 cm³/mol. The lowest BCUT2D eigenvalue weighted by molar-refractivity contribution is 0.303. The van der Waals surface area contributed by atoms with Gasteiger partial charge in [-0.25, -0.2) is 0 Å². The molecule has 0 N–H and O–H groups in total. The molecular formula is C145H155NO2. The van der Waals surface area contributed by atoms with Crippen LogP contribution < -0.4 is 9.47 Å². The van der Waals surface area contributed by atoms with Gasteiger partial charge < -0.3 is 14.0 Å². The van der Waals surface area contributed by atoms with Crippen molar-refractivity contribution in [1.29, 1.82) is 0 Å². The lowest BCUT2D eigenvalue weighted by Crippen LogP contribution is -2.29. The van der Waals surface area contributed by atoms with E-state index in [0.29, 0.717) is 48.7 Å². The van der Waals surface area contributed by atoms with E-state index < -0.39 is 10.8 Å². The third kappa shape index (κ3) is 23.3. The maximum atomic E-state index is 6.69. The van der Waals surface area contributed by atoms with Crippen molar-refractivity contribution in [3.05, 3.63) is 448 Å². The van der Waals surface area contributed by atoms with Crippen LogP contribution in [0.4, 0.5) is 0 Å². The lowest BCUT2D eigenvalue weighted by Gasteiger charge is -2.37. The molecule has 6 saturated carbocycles. The SMILES string of the molecule is Cc1ccc(-n2c(-c3ccc(OCCCCCCC(c4ccc(-c5ccc(C6CCCCC6)cc5)cc4)(c4ccc(-c5ccc(C6CCCCC6)cc5)cc4)c4ccc(-c5ccc(C6CCCCC6)cc5)cc4)cc3)ccc2-c2ccc(OCCCCCCC(c3ccc(-c4ccc(C5CCCCC5)cc4)cc3)(c3ccc(-c4ccc(C5CCCCC5)cc4)cc3)c3ccc(-c4ccc(C5CCCCC5)cc4)cc3)cc2)cc1. The zero-order valence-electron chi connectivity index (χ0n) is 88.2. The Morgan fingerprint density at radius 1 is 0.182 bits per heavy atom. The fraction of sp³-hybridized carbons (Fsp3) is 0.352. The summed E-state index contributed by atoms with van der Waals surface area (Å²) in [7, 11) is 0. The Hall–Kier alpha value is -12.8. The molecule has 0 atom stereocenters. The van der Waals surface area contributed by atoms with E-state index in [1.165, 1.54) is 332 Å². The van der Waals surface area contributed by atoms with Crippen molar-refractivity contribution in [3.63, 3.8) is 0 Å². The van der Waals surface area contributed by atoms with Crippen molar-refractivity contribution in [2.45, 2.75) is 310 Å². The second kappa shape index (κ2) is 48.2. The Morgan fingerprint density at radius 2 is 0.365 bits per heavy atom. The van der Waals surface area contributed by atoms with Gasteiger partial charge in [-0.05, 0) is 363 Å². The van der Waals surface area contributed by atoms with Gasteiger partial charge in [0.25, 0.3) is 0 Å². The molecule has 3 nitrogen and oxygen atoms in total. The molecule has 0 aliphatic heterocycles. The minimum absolute atomic E-state index is 0.413. The number of benzene rings is 15. The first-order chi connectivity index (χ1) is 73.2. The van der Waals surface area contributed by atoms with Crippen molar-refractivity contribution in [2.75, 3.05) is 13.2 Å². The average Bonchev–Trinajstić information content (AvgIpc) is 0.823. The number of rotatable bonds is 37. The van der Waals surface area contributed by atoms with Gasteiger partial charge in [0.05, 0.1) is 24.6 Å². The molecule has 0 bridgehead atoms. The minimum atomic E-state index is -0.413. The lowest BCUT2D eigenvalue weighted by atomic mass is 9.66. The summed E-state index contributed by atoms with van der Waals surface area (Å²) in [6.45, 7) is 3.50. The van der Waals surface area contributed by atoms with E-state index in [2.05, 4.69) is 388 Å². The summed E-state index contributed by atoms with van der Waals surface area (Å²) in [5.74, 6) is 5.93. The quantitative estimate of drug-likeness (QED) is 0.0286. The topological polar surface area (TPSA) is 23.4 Å². The number of hydrogen-bond donors (Lipinski definition) is 0. The third-order valence-corrected chi connectivity index (χ3v) is 36.1. The van der Waals surface area contributed by atoms with E-state index in [1.54, 1.807) is 0 Å². The summed E-state index contributed by atoms with van der Waals surface area (Å²) in [4.78, 5) is 0. The molecule has 0 radical (unpaired) electrons. The molecule has 0 amide bonds. The molecule has 6 aliphatic rings. The highest BCUT2D eigenvalue weighted by atomic mass is 16.5. The molecule has 22 rings (SSSR count). The summed E-state index contributed by atoms with van der Waals surface area (Å²) >= 11 is 0. The smallest absolute Gasteiger partial charge is 0.119 e. The van der Waals surface area contributed by atoms with Gasteiger partial charge in [-0.3, -0.25) is 0 Å². The molecule has 0 unspecified atom stereocenters. The number of nitrogens with zero attached hydrogens (tertiary/aromatic N) is 1. The molecule has 148 heavy (non-hydrogen) atoms. The van der Waals surface area contributed by atoms with Crippen LogP contribution in [0.1, 0.15) is 365 Å². The van der Waals surface area contributed by atoms with Crippen LogP contribution in [0.2, 0.25) is 0 Å². The van der Waals surface area contributed by atoms with Gasteiger partial charge in [-0.2, -0.15) is 0 Å². The summed E-state index contributed by atoms with van der Waals surface area (Å²) < 4.78 is 15.8. The fourth-order valence-electron chi connectivity index (χ4n) is 27.2. The second-order valence-corrected chi connectivity index (χ2v) is 45.4. The van der Waals surface area contributed by atoms with Crippen LogP contribution >= 0.6 is 0 Å². The highest BCUT2D eigenvalue weighted by Crippen LogP contribution is 2.51. The maximum Gasteiger partial charge on any atom is 0.119 e. The van der Waals surface area contributed by atoms with Gasteiger partial charge in [-0.15, -0.1) is 0 Å². The molecule has 752 valence electrons. The second-order valence-electron chi connectivity index (χ2n) is 45.4. The van der Waals surface area contributed by atoms with Gasteiger partial charge in [0.15, 0.2) is 0 Å². The Labute approximate surface area is 886 Å². The van der Waals surface area contributed by atoms with Crippen LogP contribution in [0.3, 0.4) is 0 Å². The molecule has 0 spiro atoms. The molecule has 6 fully saturated rings. The molecule has 16 aromatic rings. The molecule has 6 aliphatic carbocycles. The average molecular weight is 1940 g/mol. The van der Waals surface area contributed by atoms with Crippen LogP contribution in [-0.4, -0.2) is 17.8 Å². The van der Waals surface area contributed by atoms with E-state index in [-0.39, 0.29) is 0 Å². The van der Waals surface area contributed by atoms with Gasteiger partial charge in [0.1, 0.15) is 11.5 Å². The normalized spacial score (nSPS) is 16.2. The van der Waals surface area contributed by atoms with Crippen LogP contribution in [0.5, 0.6) is 11.5 Å². The van der Waals surface area contributed by atoms with E-state index in [0.717, 1.165) is 104 Å². The number of aryl methyl sites for hydroxylation is 1. The highest BCUT2D eigenvalue weighted by Gasteiger charge is 2.39. The van der Waals surface area contributed by atoms with Crippen LogP contribution in [-0.2, 0) is 10.8 Å². The van der Waals surface area contributed by atoms with Crippen LogP contribution in [0.25, 0.3) is 95.0 Å². The zero-order chi connectivity index (χ0) is 99.5. The van der Waals surface area contributed by atoms with Gasteiger partial charge in [-0.1, -0.05) is 463 Å². The third-order valence-electron chi connectivity index (χ3n) is 36.1. The Kier molecular flexibility index (Phi) is 32.5. The highest BCUT2D eigenvalue weighted by molar-refractivity contribution is 5.77. The van der Waals surface area contributed by atoms with Crippen molar-refractivity contribution in [1.82, 2.24) is 4.57 Å². The molecular weight excluding hydrogens is 1790 g/mol. The molecule has 15 aromatic carbocycles. The molecule has 1 aromatic heterocycles. The van der Waals surface area contributed by atoms with Crippen molar-refractivity contribution < 1.29 is 9.47 Å². The Balaban J connectivity index is 0.472. The number of ether oxygens (including phenoxy) is 2. The van der Waals surface area contributed by atoms with Crippen LogP contribution in [0.15, 0.2) is 376 Å². The number of hydrogen-bond acceptors (Lipinski definition) is 2. The fourth-order valence-corrected chi connectivity index (χ4v) is 27.2. The summed E-state index contributed by atoms with van der Waals surface area (Å²) in [5, 5.41) is 0. The largest absolute Gasteiger partial charge is 0.494 e. The zero-order valence-corrected chi connectivity index (χ0v) is 88.2. The Bertz CT molecular complexity index is 5930. The van der Waals surface area contributed by atoms with Gasteiger partial charge in [0.2, 0.25) is 0 Å². The van der Waals surface area contributed by atoms with Crippen LogP contribution in [0, 0.1) is 6.92 Å². The standard InChI is InChI=1S/C145H155NO2/c1-106-40-94-139(95-41-106)146-142(131-78-96-140(97-79-131)147-104-26-4-2-24-102-144(133-82-66-125(67-83-133)119-54-42-113(43-55-119)107-28-12-6-13-29-107,134-84-68-126(69-85-134)120-56-44-114(45-57-120)108-30-14-7-15-31-108)135-86-70-127(71-87-135)121-58-46-115(47-59-121)109-32-16-8-17-33-109)100-101-143(146)132-80-98-141(99-81-132)148-105-27-5-3-25-103-145(136-88-72-128(73-89-136)122-60-48-116(49-61-122)110-34-18-9-19-35-110,137-90-74-129(75-91-137)123-62-50-117(51-63-123)111-36-20-10-21-37-111)138-92-76-130(77-93-138)124-64-52-118(53-65-124)112-38-22-11-23-39-112/h40-101,107-112H,2-39,102-105H2,1H3. The summed E-state index contributed by atoms with van der Waals surface area (Å²) in [5.41, 5.74) is 38.6. The summed E-state index contributed by atoms with van der Waals surface area (Å²) in [6, 6.07) is 147. The van der Waals surface area contributed by atoms with E-state index in [1.807, 2.05) is 0 Å². The first kappa shape index (κ1) is 99.8. The van der Waals surface area contributed by atoms with Gasteiger partial charge in [0, 0.05) is 16.5 Å². The molecule has 1 heterocycles. The monoisotopic (exact) mass is 1940 g/mol. The number of unbranched alkanes of at least 4 members (excludes halogenated alkanes) is 6. The summed E-state index contributed by atoms with van der Waals surface area (Å²) in [6.07, 6.45) is 50.5. The first-order valence-corrected chi connectivity index (χ1v) is 58.2. The number of aromatic nitrogens is 1. The first-order valence-electron chi connectivity index (χ1n) is 58.2. The van der Waals surface area contributed by atoms with E-state index >= 15 is 0 Å². The molecule has 0 saturated heterocycles. The van der Waals surface area contributed by atoms with Crippen molar-refractivity contribution >= 4 is 0 Å². The molecule has 3 heteroatoms. The van der Waals surface area contributed by atoms with Crippen molar-refractivity contribution in [3.8, 4) is 106 Å². The van der Waals surface area contributed by atoms with E-state index in [4.69, 9.17) is 9.47 Å². The van der Waals surface area contributed by atoms with Gasteiger partial charge >= 0.3 is 0 Å². The Morgan fingerprint density at radius 3 is 0.568 bits per heavy atom. The predicted octanol–water partition coefficient (Wildman–Crippen LogP) is 41.1. The van der Waals surface area contributed by atoms with E-state index in [9.17, 15) is 0 Å².